The van der Waals surface area contributed by atoms with Gasteiger partial charge in [-0.2, -0.15) is 0 Å². The quantitative estimate of drug-likeness (QED) is 0.559. The van der Waals surface area contributed by atoms with Crippen LogP contribution >= 0.6 is 0 Å². The Morgan fingerprint density at radius 1 is 1.07 bits per heavy atom. The summed E-state index contributed by atoms with van der Waals surface area (Å²) in [4.78, 5) is 50.6. The van der Waals surface area contributed by atoms with E-state index in [9.17, 15) is 19.2 Å². The van der Waals surface area contributed by atoms with Crippen LogP contribution in [0.4, 0.5) is 5.69 Å². The fourth-order valence-electron chi connectivity index (χ4n) is 2.75. The third-order valence-electron chi connectivity index (χ3n) is 3.95. The number of aromatic nitrogens is 1. The van der Waals surface area contributed by atoms with Crippen molar-refractivity contribution in [3.05, 3.63) is 52.3 Å². The fourth-order valence-corrected chi connectivity index (χ4v) is 2.75. The maximum atomic E-state index is 12.4. The van der Waals surface area contributed by atoms with E-state index >= 15 is 0 Å². The lowest BCUT2D eigenvalue weighted by Crippen LogP contribution is -2.16. The van der Waals surface area contributed by atoms with E-state index in [1.807, 2.05) is 0 Å². The summed E-state index contributed by atoms with van der Waals surface area (Å²) in [5.41, 5.74) is 2.10. The van der Waals surface area contributed by atoms with Gasteiger partial charge in [0.2, 0.25) is 11.7 Å². The molecule has 1 aromatic heterocycles. The molecule has 8 heteroatoms. The minimum atomic E-state index is -0.702. The highest BCUT2D eigenvalue weighted by molar-refractivity contribution is 6.03. The summed E-state index contributed by atoms with van der Waals surface area (Å²) < 4.78 is 10.1. The number of esters is 2. The van der Waals surface area contributed by atoms with E-state index in [-0.39, 0.29) is 23.8 Å². The van der Waals surface area contributed by atoms with Crippen LogP contribution in [0.1, 0.15) is 56.3 Å². The Morgan fingerprint density at radius 2 is 1.79 bits per heavy atom. The molecule has 148 valence electrons. The second kappa shape index (κ2) is 8.98. The lowest BCUT2D eigenvalue weighted by molar-refractivity contribution is -0.114. The number of Topliss-reactive ketones (excluding diaryl/α,β-unsaturated/α-hetero) is 1. The second-order valence-electron chi connectivity index (χ2n) is 6.11. The fraction of sp³-hybridized carbons (Fsp3) is 0.300. The number of H-pyrrole nitrogens is 1. The van der Waals surface area contributed by atoms with Gasteiger partial charge in [0.1, 0.15) is 0 Å². The third kappa shape index (κ3) is 4.85. The standard InChI is InChI=1S/C20H22N2O6/c1-5-27-20(26)17-11(2)18(21-12(17)3)16(24)10-28-19(25)14-7-6-8-15(9-14)22-13(4)23/h6-9,21H,5,10H2,1-4H3,(H,22,23). The van der Waals surface area contributed by atoms with Gasteiger partial charge in [-0.1, -0.05) is 6.07 Å². The first kappa shape index (κ1) is 20.9. The molecule has 0 fully saturated rings. The van der Waals surface area contributed by atoms with Gasteiger partial charge < -0.3 is 19.8 Å². The maximum Gasteiger partial charge on any atom is 0.340 e. The molecule has 0 aliphatic rings. The Labute approximate surface area is 162 Å². The zero-order valence-electron chi connectivity index (χ0n) is 16.2. The van der Waals surface area contributed by atoms with Crippen molar-refractivity contribution >= 4 is 29.3 Å². The van der Waals surface area contributed by atoms with Crippen molar-refractivity contribution in [2.45, 2.75) is 27.7 Å². The molecule has 2 rings (SSSR count). The number of carbonyl (C=O) groups is 4. The van der Waals surface area contributed by atoms with Crippen molar-refractivity contribution < 1.29 is 28.7 Å². The van der Waals surface area contributed by atoms with Crippen LogP contribution in [0.15, 0.2) is 24.3 Å². The second-order valence-corrected chi connectivity index (χ2v) is 6.11. The number of ether oxygens (including phenoxy) is 2. The highest BCUT2D eigenvalue weighted by Gasteiger charge is 2.23. The van der Waals surface area contributed by atoms with E-state index in [1.165, 1.54) is 19.1 Å². The predicted octanol–water partition coefficient (Wildman–Crippen LogP) is 2.81. The summed E-state index contributed by atoms with van der Waals surface area (Å²) in [5, 5.41) is 2.57. The van der Waals surface area contributed by atoms with Crippen molar-refractivity contribution in [3.63, 3.8) is 0 Å². The highest BCUT2D eigenvalue weighted by atomic mass is 16.5. The molecule has 0 spiro atoms. The minimum Gasteiger partial charge on any atom is -0.462 e. The Morgan fingerprint density at radius 3 is 2.43 bits per heavy atom. The van der Waals surface area contributed by atoms with Crippen molar-refractivity contribution in [2.24, 2.45) is 0 Å². The summed E-state index contributed by atoms with van der Waals surface area (Å²) in [6.45, 7) is 6.07. The van der Waals surface area contributed by atoms with Crippen LogP contribution in [0.2, 0.25) is 0 Å². The monoisotopic (exact) mass is 386 g/mol. The van der Waals surface area contributed by atoms with Gasteiger partial charge >= 0.3 is 11.9 Å². The molecule has 0 saturated carbocycles. The van der Waals surface area contributed by atoms with Gasteiger partial charge in [0.15, 0.2) is 6.61 Å². The molecule has 0 radical (unpaired) electrons. The summed E-state index contributed by atoms with van der Waals surface area (Å²) in [5.74, 6) is -1.95. The number of benzene rings is 1. The molecule has 2 N–H and O–H groups in total. The van der Waals surface area contributed by atoms with E-state index < -0.39 is 24.3 Å². The van der Waals surface area contributed by atoms with E-state index in [0.29, 0.717) is 22.5 Å². The smallest absolute Gasteiger partial charge is 0.340 e. The summed E-state index contributed by atoms with van der Waals surface area (Å²) >= 11 is 0. The Kier molecular flexibility index (Phi) is 6.70. The van der Waals surface area contributed by atoms with Gasteiger partial charge in [0, 0.05) is 18.3 Å². The summed E-state index contributed by atoms with van der Waals surface area (Å²) in [6.07, 6.45) is 0. The maximum absolute atomic E-state index is 12.4. The van der Waals surface area contributed by atoms with E-state index in [0.717, 1.165) is 0 Å². The van der Waals surface area contributed by atoms with Gasteiger partial charge in [-0.3, -0.25) is 9.59 Å². The number of carbonyl (C=O) groups excluding carboxylic acids is 4. The van der Waals surface area contributed by atoms with Crippen molar-refractivity contribution in [2.75, 3.05) is 18.5 Å². The minimum absolute atomic E-state index is 0.195. The lowest BCUT2D eigenvalue weighted by Gasteiger charge is -2.07. The van der Waals surface area contributed by atoms with Crippen LogP contribution in [-0.2, 0) is 14.3 Å². The molecule has 0 aliphatic heterocycles. The van der Waals surface area contributed by atoms with Crippen LogP contribution in [0.25, 0.3) is 0 Å². The molecule has 0 bridgehead atoms. The first-order valence-electron chi connectivity index (χ1n) is 8.68. The highest BCUT2D eigenvalue weighted by Crippen LogP contribution is 2.20. The number of amides is 1. The molecule has 28 heavy (non-hydrogen) atoms. The predicted molar refractivity (Wildman–Crippen MR) is 102 cm³/mol. The molecule has 0 atom stereocenters. The number of ketones is 1. The average Bonchev–Trinajstić information content (AvgIpc) is 2.93. The number of anilines is 1. The number of rotatable bonds is 7. The van der Waals surface area contributed by atoms with Gasteiger partial charge in [-0.05, 0) is 44.5 Å². The Balaban J connectivity index is 2.08. The van der Waals surface area contributed by atoms with E-state index in [4.69, 9.17) is 9.47 Å². The van der Waals surface area contributed by atoms with Crippen molar-refractivity contribution in [1.82, 2.24) is 4.98 Å². The lowest BCUT2D eigenvalue weighted by atomic mass is 10.1. The van der Waals surface area contributed by atoms with Crippen LogP contribution in [0.5, 0.6) is 0 Å². The molecule has 8 nitrogen and oxygen atoms in total. The molecule has 2 aromatic rings. The molecular formula is C20H22N2O6. The molecule has 1 aromatic carbocycles. The van der Waals surface area contributed by atoms with Crippen molar-refractivity contribution in [1.29, 1.82) is 0 Å². The van der Waals surface area contributed by atoms with E-state index in [1.54, 1.807) is 32.9 Å². The van der Waals surface area contributed by atoms with Gasteiger partial charge in [0.05, 0.1) is 23.4 Å². The normalized spacial score (nSPS) is 10.3. The van der Waals surface area contributed by atoms with Gasteiger partial charge in [0.25, 0.3) is 0 Å². The number of aryl methyl sites for hydroxylation is 1. The first-order chi connectivity index (χ1) is 13.2. The molecule has 1 amide bonds. The van der Waals surface area contributed by atoms with Crippen LogP contribution in [0, 0.1) is 13.8 Å². The number of hydrogen-bond acceptors (Lipinski definition) is 6. The number of nitrogens with one attached hydrogen (secondary N) is 2. The van der Waals surface area contributed by atoms with Crippen LogP contribution in [-0.4, -0.2) is 41.8 Å². The summed E-state index contributed by atoms with van der Waals surface area (Å²) in [7, 11) is 0. The first-order valence-corrected chi connectivity index (χ1v) is 8.68. The molecule has 1 heterocycles. The average molecular weight is 386 g/mol. The largest absolute Gasteiger partial charge is 0.462 e. The third-order valence-corrected chi connectivity index (χ3v) is 3.95. The Hall–Kier alpha value is -3.42. The van der Waals surface area contributed by atoms with Crippen molar-refractivity contribution in [3.8, 4) is 0 Å². The van der Waals surface area contributed by atoms with Gasteiger partial charge in [-0.25, -0.2) is 9.59 Å². The number of hydrogen-bond donors (Lipinski definition) is 2. The summed E-state index contributed by atoms with van der Waals surface area (Å²) in [6, 6.07) is 6.19. The number of aromatic amines is 1. The van der Waals surface area contributed by atoms with E-state index in [2.05, 4.69) is 10.3 Å². The molecule has 0 saturated heterocycles. The van der Waals surface area contributed by atoms with Crippen LogP contribution in [0.3, 0.4) is 0 Å². The zero-order chi connectivity index (χ0) is 20.8. The molecular weight excluding hydrogens is 364 g/mol. The Bertz CT molecular complexity index is 929. The topological polar surface area (TPSA) is 115 Å². The van der Waals surface area contributed by atoms with Gasteiger partial charge in [-0.15, -0.1) is 0 Å². The SMILES string of the molecule is CCOC(=O)c1c(C)[nH]c(C(=O)COC(=O)c2cccc(NC(C)=O)c2)c1C. The zero-order valence-corrected chi connectivity index (χ0v) is 16.2. The molecule has 0 aliphatic carbocycles. The van der Waals surface area contributed by atoms with Crippen LogP contribution < -0.4 is 5.32 Å². The molecule has 0 unspecified atom stereocenters.